The van der Waals surface area contributed by atoms with E-state index in [1.54, 1.807) is 0 Å². The van der Waals surface area contributed by atoms with Gasteiger partial charge in [-0.15, -0.1) is 0 Å². The van der Waals surface area contributed by atoms with Crippen molar-refractivity contribution in [3.05, 3.63) is 33.8 Å². The van der Waals surface area contributed by atoms with Crippen molar-refractivity contribution >= 4 is 23.2 Å². The number of halogens is 2. The van der Waals surface area contributed by atoms with Gasteiger partial charge in [0.2, 0.25) is 0 Å². The average Bonchev–Trinajstić information content (AvgIpc) is 2.30. The van der Waals surface area contributed by atoms with Gasteiger partial charge < -0.3 is 5.32 Å². The van der Waals surface area contributed by atoms with Gasteiger partial charge in [-0.25, -0.2) is 0 Å². The van der Waals surface area contributed by atoms with Crippen molar-refractivity contribution in [2.75, 3.05) is 6.54 Å². The molecule has 1 nitrogen and oxygen atoms in total. The largest absolute Gasteiger partial charge is 0.311 e. The summed E-state index contributed by atoms with van der Waals surface area (Å²) in [4.78, 5) is 0. The minimum absolute atomic E-state index is 0.131. The molecule has 0 bridgehead atoms. The highest BCUT2D eigenvalue weighted by Crippen LogP contribution is 2.51. The summed E-state index contributed by atoms with van der Waals surface area (Å²) >= 11 is 12.3. The maximum Gasteiger partial charge on any atom is 0.0595 e. The lowest BCUT2D eigenvalue weighted by Crippen LogP contribution is -2.53. The van der Waals surface area contributed by atoms with Gasteiger partial charge in [0, 0.05) is 17.5 Å². The van der Waals surface area contributed by atoms with E-state index in [0.29, 0.717) is 10.0 Å². The van der Waals surface area contributed by atoms with Crippen molar-refractivity contribution in [1.82, 2.24) is 5.32 Å². The molecule has 1 aliphatic carbocycles. The van der Waals surface area contributed by atoms with Gasteiger partial charge in [0.1, 0.15) is 0 Å². The second-order valence-corrected chi connectivity index (χ2v) is 8.74. The van der Waals surface area contributed by atoms with E-state index in [1.165, 1.54) is 18.4 Å². The van der Waals surface area contributed by atoms with Crippen molar-refractivity contribution < 1.29 is 0 Å². The summed E-state index contributed by atoms with van der Waals surface area (Å²) in [5, 5.41) is 4.98. The molecule has 1 saturated carbocycles. The Kier molecular flexibility index (Phi) is 4.97. The quantitative estimate of drug-likeness (QED) is 0.749. The predicted molar refractivity (Wildman–Crippen MR) is 93.5 cm³/mol. The lowest BCUT2D eigenvalue weighted by Gasteiger charge is -2.51. The highest BCUT2D eigenvalue weighted by molar-refractivity contribution is 6.42. The van der Waals surface area contributed by atoms with Crippen LogP contribution in [0.25, 0.3) is 0 Å². The van der Waals surface area contributed by atoms with Crippen molar-refractivity contribution in [1.29, 1.82) is 0 Å². The van der Waals surface area contributed by atoms with Gasteiger partial charge in [-0.2, -0.15) is 0 Å². The molecule has 0 spiro atoms. The summed E-state index contributed by atoms with van der Waals surface area (Å²) in [6.45, 7) is 12.3. The molecule has 1 aromatic rings. The summed E-state index contributed by atoms with van der Waals surface area (Å²) in [5.74, 6) is 1.55. The Hall–Kier alpha value is -0.240. The zero-order valence-electron chi connectivity index (χ0n) is 13.8. The van der Waals surface area contributed by atoms with E-state index >= 15 is 0 Å². The Morgan fingerprint density at radius 2 is 1.81 bits per heavy atom. The van der Waals surface area contributed by atoms with Crippen LogP contribution in [0, 0.1) is 11.8 Å². The normalized spacial score (nSPS) is 26.0. The zero-order chi connectivity index (χ0) is 15.8. The summed E-state index contributed by atoms with van der Waals surface area (Å²) in [5.41, 5.74) is 1.66. The molecular weight excluding hydrogens is 301 g/mol. The molecular formula is C18H27Cl2N. The van der Waals surface area contributed by atoms with E-state index < -0.39 is 0 Å². The van der Waals surface area contributed by atoms with Crippen LogP contribution in [0.2, 0.25) is 10.0 Å². The van der Waals surface area contributed by atoms with Gasteiger partial charge in [0.05, 0.1) is 10.0 Å². The fourth-order valence-electron chi connectivity index (χ4n) is 3.16. The van der Waals surface area contributed by atoms with E-state index in [-0.39, 0.29) is 11.0 Å². The molecule has 1 fully saturated rings. The Labute approximate surface area is 139 Å². The zero-order valence-corrected chi connectivity index (χ0v) is 15.3. The summed E-state index contributed by atoms with van der Waals surface area (Å²) in [6, 6.07) is 6.14. The Balaban J connectivity index is 2.22. The Morgan fingerprint density at radius 1 is 1.19 bits per heavy atom. The summed E-state index contributed by atoms with van der Waals surface area (Å²) in [7, 11) is 0. The molecule has 0 saturated heterocycles. The number of nitrogens with one attached hydrogen (secondary N) is 1. The molecule has 0 radical (unpaired) electrons. The average molecular weight is 328 g/mol. The first-order valence-corrected chi connectivity index (χ1v) is 8.59. The van der Waals surface area contributed by atoms with E-state index in [1.807, 2.05) is 6.07 Å². The summed E-state index contributed by atoms with van der Waals surface area (Å²) in [6.07, 6.45) is 2.46. The van der Waals surface area contributed by atoms with Crippen molar-refractivity contribution in [2.24, 2.45) is 11.8 Å². The third-order valence-electron chi connectivity index (χ3n) is 4.74. The molecule has 1 N–H and O–H groups in total. The van der Waals surface area contributed by atoms with Gasteiger partial charge in [0.25, 0.3) is 0 Å². The van der Waals surface area contributed by atoms with Crippen LogP contribution in [0.15, 0.2) is 18.2 Å². The first kappa shape index (κ1) is 17.1. The highest BCUT2D eigenvalue weighted by Gasteiger charge is 2.46. The molecule has 0 unspecified atom stereocenters. The fraction of sp³-hybridized carbons (Fsp3) is 0.667. The smallest absolute Gasteiger partial charge is 0.0595 e. The van der Waals surface area contributed by atoms with E-state index in [0.717, 1.165) is 18.4 Å². The van der Waals surface area contributed by atoms with Crippen LogP contribution in [0.3, 0.4) is 0 Å². The molecule has 0 heterocycles. The number of hydrogen-bond acceptors (Lipinski definition) is 1. The van der Waals surface area contributed by atoms with Crippen LogP contribution in [0.4, 0.5) is 0 Å². The van der Waals surface area contributed by atoms with Crippen LogP contribution in [-0.2, 0) is 5.41 Å². The molecule has 0 amide bonds. The SMILES string of the molecule is CC(C)C1CC(CNC(C)(C)C)(c2ccc(Cl)c(Cl)c2)C1. The molecule has 21 heavy (non-hydrogen) atoms. The molecule has 1 aromatic carbocycles. The molecule has 3 heteroatoms. The topological polar surface area (TPSA) is 12.0 Å². The highest BCUT2D eigenvalue weighted by atomic mass is 35.5. The maximum absolute atomic E-state index is 6.24. The minimum atomic E-state index is 0.131. The third-order valence-corrected chi connectivity index (χ3v) is 5.48. The second kappa shape index (κ2) is 6.10. The van der Waals surface area contributed by atoms with Gasteiger partial charge in [-0.1, -0.05) is 43.1 Å². The number of benzene rings is 1. The minimum Gasteiger partial charge on any atom is -0.311 e. The fourth-order valence-corrected chi connectivity index (χ4v) is 3.46. The molecule has 0 atom stereocenters. The first-order chi connectivity index (χ1) is 9.63. The Bertz CT molecular complexity index is 496. The van der Waals surface area contributed by atoms with Crippen molar-refractivity contribution in [3.63, 3.8) is 0 Å². The first-order valence-electron chi connectivity index (χ1n) is 7.83. The van der Waals surface area contributed by atoms with E-state index in [4.69, 9.17) is 23.2 Å². The predicted octanol–water partition coefficient (Wildman–Crippen LogP) is 5.69. The monoisotopic (exact) mass is 327 g/mol. The van der Waals surface area contributed by atoms with Crippen LogP contribution in [0.1, 0.15) is 53.0 Å². The van der Waals surface area contributed by atoms with Crippen molar-refractivity contribution in [3.8, 4) is 0 Å². The van der Waals surface area contributed by atoms with Gasteiger partial charge in [-0.3, -0.25) is 0 Å². The van der Waals surface area contributed by atoms with Crippen LogP contribution in [0.5, 0.6) is 0 Å². The Morgan fingerprint density at radius 3 is 2.29 bits per heavy atom. The van der Waals surface area contributed by atoms with Gasteiger partial charge >= 0.3 is 0 Å². The van der Waals surface area contributed by atoms with Crippen molar-refractivity contribution in [2.45, 2.75) is 58.4 Å². The molecule has 118 valence electrons. The maximum atomic E-state index is 6.24. The number of hydrogen-bond donors (Lipinski definition) is 1. The number of rotatable bonds is 4. The lowest BCUT2D eigenvalue weighted by atomic mass is 9.55. The molecule has 1 aliphatic rings. The molecule has 0 aromatic heterocycles. The molecule has 0 aliphatic heterocycles. The van der Waals surface area contributed by atoms with Crippen LogP contribution in [-0.4, -0.2) is 12.1 Å². The van der Waals surface area contributed by atoms with Gasteiger partial charge in [0.15, 0.2) is 0 Å². The van der Waals surface area contributed by atoms with Gasteiger partial charge in [-0.05, 0) is 63.1 Å². The lowest BCUT2D eigenvalue weighted by molar-refractivity contribution is 0.0912. The molecule has 2 rings (SSSR count). The third kappa shape index (κ3) is 3.94. The second-order valence-electron chi connectivity index (χ2n) is 7.93. The van der Waals surface area contributed by atoms with Crippen LogP contribution < -0.4 is 5.32 Å². The van der Waals surface area contributed by atoms with E-state index in [9.17, 15) is 0 Å². The summed E-state index contributed by atoms with van der Waals surface area (Å²) < 4.78 is 0. The van der Waals surface area contributed by atoms with E-state index in [2.05, 4.69) is 52.1 Å². The standard InChI is InChI=1S/C18H27Cl2N/c1-12(2)13-9-18(10-13,11-21-17(3,4)5)14-6-7-15(19)16(20)8-14/h6-8,12-13,21H,9-11H2,1-5H3. The van der Waals surface area contributed by atoms with Crippen LogP contribution >= 0.6 is 23.2 Å².